The maximum Gasteiger partial charge on any atom is 0.258 e. The zero-order chi connectivity index (χ0) is 20.8. The predicted octanol–water partition coefficient (Wildman–Crippen LogP) is 3.50. The van der Waals surface area contributed by atoms with Crippen molar-refractivity contribution in [3.63, 3.8) is 0 Å². The number of hydrogen-bond donors (Lipinski definition) is 2. The Morgan fingerprint density at radius 2 is 2.10 bits per heavy atom. The van der Waals surface area contributed by atoms with Crippen molar-refractivity contribution in [3.05, 3.63) is 70.8 Å². The fourth-order valence-corrected chi connectivity index (χ4v) is 3.06. The number of nitrogens with zero attached hydrogens (tertiary/aromatic N) is 4. The molecule has 2 aromatic heterocycles. The number of aryl methyl sites for hydroxylation is 1. The van der Waals surface area contributed by atoms with E-state index >= 15 is 0 Å². The summed E-state index contributed by atoms with van der Waals surface area (Å²) in [6, 6.07) is 7.43. The molecule has 148 valence electrons. The van der Waals surface area contributed by atoms with Crippen LogP contribution in [0.25, 0.3) is 11.3 Å². The standard InChI is InChI=1S/C21H21ClN6O/c1-13-5-6-25-10-17(13)21(29)28-20-12-26-19(11-27-20)16-7-14(3-4-18(16)22)15(8-23)9-24-2/h3-7,9-12,15H,8,23H2,1-2H3,(H,27,28,29). The van der Waals surface area contributed by atoms with Gasteiger partial charge in [-0.3, -0.25) is 14.8 Å². The van der Waals surface area contributed by atoms with Crippen LogP contribution in [0, 0.1) is 6.92 Å². The molecule has 0 aliphatic heterocycles. The largest absolute Gasteiger partial charge is 0.329 e. The zero-order valence-electron chi connectivity index (χ0n) is 16.1. The summed E-state index contributed by atoms with van der Waals surface area (Å²) < 4.78 is 0. The summed E-state index contributed by atoms with van der Waals surface area (Å²) in [5.41, 5.74) is 9.48. The monoisotopic (exact) mass is 408 g/mol. The van der Waals surface area contributed by atoms with Crippen LogP contribution in [0.15, 0.2) is 54.0 Å². The molecule has 0 saturated carbocycles. The minimum absolute atomic E-state index is 0.00902. The molecule has 0 aliphatic rings. The first-order chi connectivity index (χ1) is 14.0. The normalized spacial score (nSPS) is 12.1. The highest BCUT2D eigenvalue weighted by Crippen LogP contribution is 2.29. The summed E-state index contributed by atoms with van der Waals surface area (Å²) in [6.07, 6.45) is 8.03. The molecule has 0 spiro atoms. The van der Waals surface area contributed by atoms with Gasteiger partial charge in [0.25, 0.3) is 5.91 Å². The number of carbonyl (C=O) groups is 1. The summed E-state index contributed by atoms with van der Waals surface area (Å²) in [6.45, 7) is 2.28. The van der Waals surface area contributed by atoms with Crippen molar-refractivity contribution < 1.29 is 4.79 Å². The third-order valence-corrected chi connectivity index (χ3v) is 4.78. The summed E-state index contributed by atoms with van der Waals surface area (Å²) >= 11 is 6.37. The molecule has 1 amide bonds. The van der Waals surface area contributed by atoms with Crippen molar-refractivity contribution >= 4 is 29.5 Å². The molecule has 0 saturated heterocycles. The quantitative estimate of drug-likeness (QED) is 0.607. The Bertz CT molecular complexity index is 1040. The Labute approximate surface area is 174 Å². The van der Waals surface area contributed by atoms with E-state index in [1.165, 1.54) is 12.4 Å². The number of aliphatic imine (C=N–C) groups is 1. The van der Waals surface area contributed by atoms with Gasteiger partial charge in [-0.2, -0.15) is 0 Å². The lowest BCUT2D eigenvalue weighted by Gasteiger charge is -2.13. The second-order valence-corrected chi connectivity index (χ2v) is 6.83. The van der Waals surface area contributed by atoms with Gasteiger partial charge in [0.2, 0.25) is 0 Å². The molecule has 1 aromatic carbocycles. The highest BCUT2D eigenvalue weighted by molar-refractivity contribution is 6.33. The minimum atomic E-state index is -0.290. The molecular formula is C21H21ClN6O. The highest BCUT2D eigenvalue weighted by Gasteiger charge is 2.14. The van der Waals surface area contributed by atoms with E-state index < -0.39 is 0 Å². The lowest BCUT2D eigenvalue weighted by atomic mass is 9.97. The number of halogens is 1. The van der Waals surface area contributed by atoms with Gasteiger partial charge in [-0.15, -0.1) is 0 Å². The maximum absolute atomic E-state index is 12.4. The van der Waals surface area contributed by atoms with Crippen LogP contribution in [0.1, 0.15) is 27.4 Å². The van der Waals surface area contributed by atoms with E-state index in [4.69, 9.17) is 17.3 Å². The molecule has 7 nitrogen and oxygen atoms in total. The second kappa shape index (κ2) is 9.36. The molecular weight excluding hydrogens is 388 g/mol. The molecule has 0 aliphatic carbocycles. The number of anilines is 1. The van der Waals surface area contributed by atoms with E-state index in [0.29, 0.717) is 28.6 Å². The number of nitrogens with two attached hydrogens (primary N) is 1. The molecule has 2 heterocycles. The lowest BCUT2D eigenvalue weighted by molar-refractivity contribution is 0.102. The lowest BCUT2D eigenvalue weighted by Crippen LogP contribution is -2.15. The number of benzene rings is 1. The van der Waals surface area contributed by atoms with Gasteiger partial charge in [0.1, 0.15) is 0 Å². The van der Waals surface area contributed by atoms with E-state index in [0.717, 1.165) is 16.7 Å². The molecule has 8 heteroatoms. The molecule has 3 aromatic rings. The first-order valence-corrected chi connectivity index (χ1v) is 9.37. The first kappa shape index (κ1) is 20.6. The van der Waals surface area contributed by atoms with Crippen LogP contribution < -0.4 is 11.1 Å². The van der Waals surface area contributed by atoms with Crippen molar-refractivity contribution in [1.82, 2.24) is 15.0 Å². The average molecular weight is 409 g/mol. The number of pyridine rings is 1. The van der Waals surface area contributed by atoms with Gasteiger partial charge < -0.3 is 16.0 Å². The van der Waals surface area contributed by atoms with Crippen LogP contribution in [-0.4, -0.2) is 40.7 Å². The highest BCUT2D eigenvalue weighted by atomic mass is 35.5. The van der Waals surface area contributed by atoms with Crippen LogP contribution >= 0.6 is 11.6 Å². The molecule has 29 heavy (non-hydrogen) atoms. The number of amides is 1. The summed E-state index contributed by atoms with van der Waals surface area (Å²) in [7, 11) is 1.71. The third kappa shape index (κ3) is 4.82. The molecule has 3 rings (SSSR count). The van der Waals surface area contributed by atoms with Gasteiger partial charge in [0.15, 0.2) is 5.82 Å². The predicted molar refractivity (Wildman–Crippen MR) is 116 cm³/mol. The van der Waals surface area contributed by atoms with Crippen LogP contribution in [0.4, 0.5) is 5.82 Å². The van der Waals surface area contributed by atoms with Gasteiger partial charge in [0, 0.05) is 43.7 Å². The van der Waals surface area contributed by atoms with Crippen molar-refractivity contribution in [2.75, 3.05) is 18.9 Å². The van der Waals surface area contributed by atoms with Gasteiger partial charge in [0.05, 0.1) is 28.7 Å². The molecule has 1 atom stereocenters. The van der Waals surface area contributed by atoms with Crippen molar-refractivity contribution in [3.8, 4) is 11.3 Å². The van der Waals surface area contributed by atoms with Gasteiger partial charge in [-0.05, 0) is 36.2 Å². The fraction of sp³-hybridized carbons (Fsp3) is 0.190. The average Bonchev–Trinajstić information content (AvgIpc) is 2.73. The second-order valence-electron chi connectivity index (χ2n) is 6.42. The van der Waals surface area contributed by atoms with E-state index in [2.05, 4.69) is 25.3 Å². The topological polar surface area (TPSA) is 106 Å². The smallest absolute Gasteiger partial charge is 0.258 e. The Hall–Kier alpha value is -3.16. The molecule has 0 radical (unpaired) electrons. The van der Waals surface area contributed by atoms with Crippen molar-refractivity contribution in [2.24, 2.45) is 10.7 Å². The van der Waals surface area contributed by atoms with Crippen molar-refractivity contribution in [2.45, 2.75) is 12.8 Å². The van der Waals surface area contributed by atoms with Gasteiger partial charge >= 0.3 is 0 Å². The molecule has 3 N–H and O–H groups in total. The molecule has 1 unspecified atom stereocenters. The number of carbonyl (C=O) groups excluding carboxylic acids is 1. The van der Waals surface area contributed by atoms with E-state index in [-0.39, 0.29) is 11.8 Å². The van der Waals surface area contributed by atoms with Gasteiger partial charge in [-0.1, -0.05) is 17.7 Å². The van der Waals surface area contributed by atoms with Crippen LogP contribution in [0.3, 0.4) is 0 Å². The number of nitrogens with one attached hydrogen (secondary N) is 1. The fourth-order valence-electron chi connectivity index (χ4n) is 2.85. The van der Waals surface area contributed by atoms with Gasteiger partial charge in [-0.25, -0.2) is 4.98 Å². The number of rotatable bonds is 6. The maximum atomic E-state index is 12.4. The number of hydrogen-bond acceptors (Lipinski definition) is 6. The zero-order valence-corrected chi connectivity index (χ0v) is 16.9. The Balaban J connectivity index is 1.83. The van der Waals surface area contributed by atoms with E-state index in [9.17, 15) is 4.79 Å². The van der Waals surface area contributed by atoms with Crippen LogP contribution in [0.2, 0.25) is 5.02 Å². The van der Waals surface area contributed by atoms with E-state index in [1.807, 2.05) is 19.1 Å². The van der Waals surface area contributed by atoms with Crippen molar-refractivity contribution in [1.29, 1.82) is 0 Å². The third-order valence-electron chi connectivity index (χ3n) is 4.45. The van der Waals surface area contributed by atoms with Crippen LogP contribution in [0.5, 0.6) is 0 Å². The Morgan fingerprint density at radius 3 is 2.76 bits per heavy atom. The summed E-state index contributed by atoms with van der Waals surface area (Å²) in [4.78, 5) is 29.2. The molecule has 0 fully saturated rings. The van der Waals surface area contributed by atoms with E-state index in [1.54, 1.807) is 37.8 Å². The Kier molecular flexibility index (Phi) is 6.64. The Morgan fingerprint density at radius 1 is 1.28 bits per heavy atom. The summed E-state index contributed by atoms with van der Waals surface area (Å²) in [5, 5.41) is 3.28. The summed E-state index contributed by atoms with van der Waals surface area (Å²) in [5.74, 6) is 0.0415. The van der Waals surface area contributed by atoms with Crippen LogP contribution in [-0.2, 0) is 0 Å². The SMILES string of the molecule is CN=CC(CN)c1ccc(Cl)c(-c2cnc(NC(=O)c3cnccc3C)cn2)c1. The first-order valence-electron chi connectivity index (χ1n) is 8.99. The molecule has 0 bridgehead atoms. The number of aromatic nitrogens is 3. The minimum Gasteiger partial charge on any atom is -0.329 e.